The highest BCUT2D eigenvalue weighted by Gasteiger charge is 2.28. The summed E-state index contributed by atoms with van der Waals surface area (Å²) in [4.78, 5) is 0.196. The number of nitrogens with zero attached hydrogens (tertiary/aromatic N) is 1. The molecule has 0 aliphatic carbocycles. The van der Waals surface area contributed by atoms with Gasteiger partial charge in [0.2, 0.25) is 0 Å². The maximum atomic E-state index is 14.4. The summed E-state index contributed by atoms with van der Waals surface area (Å²) in [5.74, 6) is 0.121. The summed E-state index contributed by atoms with van der Waals surface area (Å²) in [7, 11) is -2.14. The SMILES string of the molecule is CNCc1cc(-c2ccccc2F)n(S(=O)(=O)c2cccc3c2CCO3)c1.Cl. The average Bonchev–Trinajstić information content (AvgIpc) is 3.29. The molecule has 3 aromatic rings. The average molecular weight is 423 g/mol. The first-order chi connectivity index (χ1) is 13.0. The molecule has 0 saturated heterocycles. The van der Waals surface area contributed by atoms with Gasteiger partial charge in [0, 0.05) is 30.3 Å². The largest absolute Gasteiger partial charge is 0.493 e. The van der Waals surface area contributed by atoms with Crippen LogP contribution < -0.4 is 10.1 Å². The predicted molar refractivity (Wildman–Crippen MR) is 108 cm³/mol. The summed E-state index contributed by atoms with van der Waals surface area (Å²) in [6.07, 6.45) is 2.08. The number of aromatic nitrogens is 1. The number of hydrogen-bond donors (Lipinski definition) is 1. The number of rotatable bonds is 5. The third-order valence-corrected chi connectivity index (χ3v) is 6.37. The van der Waals surface area contributed by atoms with Gasteiger partial charge in [-0.05, 0) is 42.9 Å². The van der Waals surface area contributed by atoms with Crippen LogP contribution in [0, 0.1) is 5.82 Å². The van der Waals surface area contributed by atoms with Crippen LogP contribution in [0.1, 0.15) is 11.1 Å². The van der Waals surface area contributed by atoms with Gasteiger partial charge in [0.15, 0.2) is 0 Å². The van der Waals surface area contributed by atoms with E-state index in [0.29, 0.717) is 36.6 Å². The van der Waals surface area contributed by atoms with Crippen molar-refractivity contribution in [3.8, 4) is 17.0 Å². The zero-order valence-electron chi connectivity index (χ0n) is 15.2. The Morgan fingerprint density at radius 2 is 1.96 bits per heavy atom. The molecule has 0 fully saturated rings. The molecule has 0 saturated carbocycles. The molecule has 148 valence electrons. The van der Waals surface area contributed by atoms with Crippen LogP contribution in [-0.2, 0) is 23.0 Å². The van der Waals surface area contributed by atoms with Gasteiger partial charge in [-0.1, -0.05) is 18.2 Å². The lowest BCUT2D eigenvalue weighted by Gasteiger charge is -2.13. The quantitative estimate of drug-likeness (QED) is 0.682. The van der Waals surface area contributed by atoms with E-state index in [1.165, 1.54) is 10.0 Å². The number of nitrogens with one attached hydrogen (secondary N) is 1. The van der Waals surface area contributed by atoms with Crippen molar-refractivity contribution in [1.82, 2.24) is 9.29 Å². The Bertz CT molecular complexity index is 1110. The van der Waals surface area contributed by atoms with Crippen LogP contribution in [0.15, 0.2) is 59.6 Å². The number of halogens is 2. The van der Waals surface area contributed by atoms with E-state index in [9.17, 15) is 12.8 Å². The summed E-state index contributed by atoms with van der Waals surface area (Å²) >= 11 is 0. The van der Waals surface area contributed by atoms with Gasteiger partial charge in [-0.25, -0.2) is 16.8 Å². The van der Waals surface area contributed by atoms with Crippen LogP contribution >= 0.6 is 12.4 Å². The van der Waals surface area contributed by atoms with E-state index in [0.717, 1.165) is 5.56 Å². The maximum absolute atomic E-state index is 14.4. The topological polar surface area (TPSA) is 60.3 Å². The minimum absolute atomic E-state index is 0. The van der Waals surface area contributed by atoms with Crippen molar-refractivity contribution >= 4 is 22.4 Å². The van der Waals surface area contributed by atoms with Gasteiger partial charge < -0.3 is 10.1 Å². The van der Waals surface area contributed by atoms with Crippen LogP contribution in [0.5, 0.6) is 5.75 Å². The lowest BCUT2D eigenvalue weighted by atomic mass is 10.1. The molecule has 4 rings (SSSR count). The molecule has 0 unspecified atom stereocenters. The van der Waals surface area contributed by atoms with E-state index >= 15 is 0 Å². The lowest BCUT2D eigenvalue weighted by molar-refractivity contribution is 0.357. The Morgan fingerprint density at radius 1 is 1.18 bits per heavy atom. The highest BCUT2D eigenvalue weighted by Crippen LogP contribution is 2.35. The molecule has 0 amide bonds. The monoisotopic (exact) mass is 422 g/mol. The molecule has 28 heavy (non-hydrogen) atoms. The van der Waals surface area contributed by atoms with Crippen molar-refractivity contribution in [1.29, 1.82) is 0 Å². The fourth-order valence-electron chi connectivity index (χ4n) is 3.40. The maximum Gasteiger partial charge on any atom is 0.268 e. The van der Waals surface area contributed by atoms with E-state index in [4.69, 9.17) is 4.74 Å². The summed E-state index contributed by atoms with van der Waals surface area (Å²) in [5, 5.41) is 3.00. The third kappa shape index (κ3) is 3.41. The van der Waals surface area contributed by atoms with Crippen molar-refractivity contribution in [3.63, 3.8) is 0 Å². The van der Waals surface area contributed by atoms with Gasteiger partial charge in [-0.3, -0.25) is 0 Å². The molecule has 0 spiro atoms. The molecule has 1 aliphatic heterocycles. The van der Waals surface area contributed by atoms with Crippen LogP contribution in [0.25, 0.3) is 11.3 Å². The van der Waals surface area contributed by atoms with Gasteiger partial charge in [0.05, 0.1) is 17.2 Å². The molecule has 8 heteroatoms. The number of fused-ring (bicyclic) bond motifs is 1. The van der Waals surface area contributed by atoms with Crippen molar-refractivity contribution in [2.24, 2.45) is 0 Å². The van der Waals surface area contributed by atoms with E-state index in [1.54, 1.807) is 55.7 Å². The normalized spacial score (nSPS) is 12.9. The van der Waals surface area contributed by atoms with E-state index in [1.807, 2.05) is 0 Å². The second-order valence-corrected chi connectivity index (χ2v) is 8.16. The first-order valence-corrected chi connectivity index (χ1v) is 10.1. The second-order valence-electron chi connectivity index (χ2n) is 6.38. The summed E-state index contributed by atoms with van der Waals surface area (Å²) in [6, 6.07) is 12.9. The Labute approximate surface area is 169 Å². The van der Waals surface area contributed by atoms with Gasteiger partial charge in [-0.2, -0.15) is 0 Å². The lowest BCUT2D eigenvalue weighted by Crippen LogP contribution is -2.15. The fourth-order valence-corrected chi connectivity index (χ4v) is 5.06. The molecule has 0 radical (unpaired) electrons. The van der Waals surface area contributed by atoms with Crippen LogP contribution in [0.2, 0.25) is 0 Å². The van der Waals surface area contributed by atoms with Crippen molar-refractivity contribution in [2.45, 2.75) is 17.9 Å². The molecule has 0 atom stereocenters. The minimum atomic E-state index is -3.92. The highest BCUT2D eigenvalue weighted by molar-refractivity contribution is 7.90. The molecule has 1 aliphatic rings. The summed E-state index contributed by atoms with van der Waals surface area (Å²) in [5.41, 5.74) is 1.96. The number of ether oxygens (including phenoxy) is 1. The molecule has 2 heterocycles. The Hall–Kier alpha value is -2.35. The Kier molecular flexibility index (Phi) is 5.79. The van der Waals surface area contributed by atoms with Crippen LogP contribution in [0.3, 0.4) is 0 Å². The Balaban J connectivity index is 0.00000225. The molecule has 0 bridgehead atoms. The second kappa shape index (κ2) is 7.95. The molecule has 1 N–H and O–H groups in total. The van der Waals surface area contributed by atoms with Crippen molar-refractivity contribution in [2.75, 3.05) is 13.7 Å². The summed E-state index contributed by atoms with van der Waals surface area (Å²) < 4.78 is 48.1. The zero-order valence-corrected chi connectivity index (χ0v) is 16.8. The van der Waals surface area contributed by atoms with E-state index in [-0.39, 0.29) is 22.9 Å². The van der Waals surface area contributed by atoms with Crippen LogP contribution in [-0.4, -0.2) is 26.0 Å². The van der Waals surface area contributed by atoms with Crippen molar-refractivity contribution < 1.29 is 17.5 Å². The summed E-state index contributed by atoms with van der Waals surface area (Å²) in [6.45, 7) is 0.929. The third-order valence-electron chi connectivity index (χ3n) is 4.61. The standard InChI is InChI=1S/C20H19FN2O3S.ClH/c1-22-12-14-11-18(15-5-2-3-6-17(15)21)23(13-14)27(24,25)20-8-4-7-19-16(20)9-10-26-19;/h2-8,11,13,22H,9-10,12H2,1H3;1H. The molecule has 5 nitrogen and oxygen atoms in total. The molecule has 2 aromatic carbocycles. The van der Waals surface area contributed by atoms with E-state index in [2.05, 4.69) is 5.32 Å². The first-order valence-electron chi connectivity index (χ1n) is 8.63. The number of hydrogen-bond acceptors (Lipinski definition) is 4. The smallest absolute Gasteiger partial charge is 0.268 e. The predicted octanol–water partition coefficient (Wildman–Crippen LogP) is 3.61. The molecular weight excluding hydrogens is 403 g/mol. The van der Waals surface area contributed by atoms with Crippen molar-refractivity contribution in [3.05, 3.63) is 71.7 Å². The number of benzene rings is 2. The highest BCUT2D eigenvalue weighted by atomic mass is 35.5. The van der Waals surface area contributed by atoms with Gasteiger partial charge in [-0.15, -0.1) is 12.4 Å². The molecular formula is C20H20ClFN2O3S. The molecule has 1 aromatic heterocycles. The fraction of sp³-hybridized carbons (Fsp3) is 0.200. The van der Waals surface area contributed by atoms with Gasteiger partial charge >= 0.3 is 0 Å². The zero-order chi connectivity index (χ0) is 19.0. The van der Waals surface area contributed by atoms with Crippen LogP contribution in [0.4, 0.5) is 4.39 Å². The minimum Gasteiger partial charge on any atom is -0.493 e. The van der Waals surface area contributed by atoms with E-state index < -0.39 is 15.8 Å². The Morgan fingerprint density at radius 3 is 2.71 bits per heavy atom. The van der Waals surface area contributed by atoms with Gasteiger partial charge in [0.25, 0.3) is 10.0 Å². The first kappa shape index (κ1) is 20.4. The van der Waals surface area contributed by atoms with Gasteiger partial charge in [0.1, 0.15) is 11.6 Å².